The number of carbonyl (C=O) groups is 2. The first kappa shape index (κ1) is 16.4. The average molecular weight is 361 g/mol. The van der Waals surface area contributed by atoms with Gasteiger partial charge in [0.15, 0.2) is 5.09 Å². The average Bonchev–Trinajstić information content (AvgIpc) is 3.10. The zero-order valence-electron chi connectivity index (χ0n) is 12.5. The molecule has 0 bridgehead atoms. The highest BCUT2D eigenvalue weighted by molar-refractivity contribution is 7.99. The topological polar surface area (TPSA) is 62.6 Å². The Morgan fingerprint density at radius 2 is 1.96 bits per heavy atom. The molecule has 2 aromatic rings. The number of imide groups is 1. The number of hydrogen-bond acceptors (Lipinski definition) is 4. The van der Waals surface area contributed by atoms with Crippen molar-refractivity contribution in [2.24, 2.45) is 0 Å². The Labute approximate surface area is 148 Å². The van der Waals surface area contributed by atoms with Crippen molar-refractivity contribution in [3.8, 4) is 0 Å². The minimum absolute atomic E-state index is 0.165. The van der Waals surface area contributed by atoms with E-state index in [1.54, 1.807) is 24.3 Å². The summed E-state index contributed by atoms with van der Waals surface area (Å²) < 4.78 is 5.67. The summed E-state index contributed by atoms with van der Waals surface area (Å²) in [6.07, 6.45) is 3.00. The Morgan fingerprint density at radius 3 is 2.67 bits per heavy atom. The summed E-state index contributed by atoms with van der Waals surface area (Å²) in [7, 11) is 0. The van der Waals surface area contributed by atoms with Gasteiger partial charge in [-0.2, -0.15) is 0 Å². The molecule has 1 fully saturated rings. The van der Waals surface area contributed by atoms with Gasteiger partial charge in [0.05, 0.1) is 0 Å². The second kappa shape index (κ2) is 6.98. The van der Waals surface area contributed by atoms with Crippen LogP contribution in [-0.2, 0) is 4.79 Å². The predicted molar refractivity (Wildman–Crippen MR) is 92.7 cm³/mol. The van der Waals surface area contributed by atoms with Crippen LogP contribution in [0.2, 0.25) is 5.02 Å². The fourth-order valence-corrected chi connectivity index (χ4v) is 3.00. The predicted octanol–water partition coefficient (Wildman–Crippen LogP) is 4.16. The van der Waals surface area contributed by atoms with Gasteiger partial charge in [0, 0.05) is 22.5 Å². The Morgan fingerprint density at radius 1 is 1.21 bits per heavy atom. The molecule has 0 aliphatic carbocycles. The lowest BCUT2D eigenvalue weighted by Crippen LogP contribution is -2.30. The summed E-state index contributed by atoms with van der Waals surface area (Å²) in [5, 5.41) is 3.86. The molecule has 1 aliphatic heterocycles. The van der Waals surface area contributed by atoms with Crippen LogP contribution in [0, 0.1) is 0 Å². The lowest BCUT2D eigenvalue weighted by molar-refractivity contribution is -0.122. The SMILES string of the molecule is C=CCN1C(=O)N/C(=C/c2ccc(Sc3ccc(Cl)cc3)o2)C1=O. The maximum Gasteiger partial charge on any atom is 0.329 e. The minimum Gasteiger partial charge on any atom is -0.450 e. The quantitative estimate of drug-likeness (QED) is 0.494. The number of furan rings is 1. The Bertz CT molecular complexity index is 827. The zero-order valence-corrected chi connectivity index (χ0v) is 14.1. The molecule has 3 amide bonds. The molecule has 24 heavy (non-hydrogen) atoms. The Balaban J connectivity index is 1.74. The third-order valence-electron chi connectivity index (χ3n) is 3.19. The number of halogens is 1. The molecule has 1 aliphatic rings. The van der Waals surface area contributed by atoms with E-state index in [1.807, 2.05) is 12.1 Å². The smallest absolute Gasteiger partial charge is 0.329 e. The zero-order chi connectivity index (χ0) is 17.1. The van der Waals surface area contributed by atoms with Crippen LogP contribution in [0.3, 0.4) is 0 Å². The van der Waals surface area contributed by atoms with Crippen LogP contribution in [0.5, 0.6) is 0 Å². The first-order valence-electron chi connectivity index (χ1n) is 7.05. The molecule has 1 aromatic heterocycles. The van der Waals surface area contributed by atoms with Gasteiger partial charge in [-0.25, -0.2) is 4.79 Å². The maximum atomic E-state index is 12.1. The third kappa shape index (κ3) is 3.55. The molecule has 5 nitrogen and oxygen atoms in total. The second-order valence-corrected chi connectivity index (χ2v) is 6.42. The number of carbonyl (C=O) groups excluding carboxylic acids is 2. The van der Waals surface area contributed by atoms with E-state index in [9.17, 15) is 9.59 Å². The van der Waals surface area contributed by atoms with Crippen molar-refractivity contribution in [2.75, 3.05) is 6.54 Å². The second-order valence-electron chi connectivity index (χ2n) is 4.91. The van der Waals surface area contributed by atoms with Gasteiger partial charge in [0.1, 0.15) is 11.5 Å². The van der Waals surface area contributed by atoms with Gasteiger partial charge >= 0.3 is 6.03 Å². The van der Waals surface area contributed by atoms with E-state index in [0.29, 0.717) is 15.9 Å². The highest BCUT2D eigenvalue weighted by Crippen LogP contribution is 2.30. The van der Waals surface area contributed by atoms with Crippen molar-refractivity contribution in [1.82, 2.24) is 10.2 Å². The molecule has 1 aromatic carbocycles. The van der Waals surface area contributed by atoms with E-state index in [2.05, 4.69) is 11.9 Å². The largest absolute Gasteiger partial charge is 0.450 e. The van der Waals surface area contributed by atoms with E-state index >= 15 is 0 Å². The molecule has 0 spiro atoms. The van der Waals surface area contributed by atoms with Crippen LogP contribution in [0.1, 0.15) is 5.76 Å². The van der Waals surface area contributed by atoms with Crippen LogP contribution in [0.25, 0.3) is 6.08 Å². The first-order chi connectivity index (χ1) is 11.6. The summed E-state index contributed by atoms with van der Waals surface area (Å²) in [6, 6.07) is 10.5. The molecule has 1 saturated heterocycles. The molecule has 122 valence electrons. The lowest BCUT2D eigenvalue weighted by Gasteiger charge is -2.06. The lowest BCUT2D eigenvalue weighted by atomic mass is 10.3. The van der Waals surface area contributed by atoms with Crippen molar-refractivity contribution in [3.63, 3.8) is 0 Å². The molecular formula is C17H13ClN2O3S. The molecule has 3 rings (SSSR count). The fourth-order valence-electron chi connectivity index (χ4n) is 2.09. The van der Waals surface area contributed by atoms with Gasteiger partial charge in [-0.1, -0.05) is 29.4 Å². The van der Waals surface area contributed by atoms with Crippen molar-refractivity contribution >= 4 is 41.4 Å². The maximum absolute atomic E-state index is 12.1. The minimum atomic E-state index is -0.464. The van der Waals surface area contributed by atoms with Gasteiger partial charge in [-0.15, -0.1) is 6.58 Å². The van der Waals surface area contributed by atoms with Crippen molar-refractivity contribution < 1.29 is 14.0 Å². The van der Waals surface area contributed by atoms with Gasteiger partial charge in [-0.05, 0) is 36.4 Å². The standard InChI is InChI=1S/C17H13ClN2O3S/c1-2-9-20-16(21)14(19-17(20)22)10-12-5-8-15(23-12)24-13-6-3-11(18)4-7-13/h2-8,10H,1,9H2,(H,19,22)/b14-10+. The summed E-state index contributed by atoms with van der Waals surface area (Å²) in [6.45, 7) is 3.69. The van der Waals surface area contributed by atoms with Crippen LogP contribution < -0.4 is 5.32 Å². The van der Waals surface area contributed by atoms with Gasteiger partial charge in [-0.3, -0.25) is 9.69 Å². The van der Waals surface area contributed by atoms with Crippen LogP contribution in [0.4, 0.5) is 4.79 Å². The molecule has 0 unspecified atom stereocenters. The number of rotatable bonds is 5. The van der Waals surface area contributed by atoms with Crippen molar-refractivity contribution in [2.45, 2.75) is 9.99 Å². The van der Waals surface area contributed by atoms with Gasteiger partial charge in [0.2, 0.25) is 0 Å². The van der Waals surface area contributed by atoms with Crippen LogP contribution in [0.15, 0.2) is 69.2 Å². The number of urea groups is 1. The molecule has 0 radical (unpaired) electrons. The first-order valence-corrected chi connectivity index (χ1v) is 8.25. The number of hydrogen-bond donors (Lipinski definition) is 1. The number of amides is 3. The monoisotopic (exact) mass is 360 g/mol. The van der Waals surface area contributed by atoms with E-state index in [-0.39, 0.29) is 12.2 Å². The van der Waals surface area contributed by atoms with Gasteiger partial charge < -0.3 is 9.73 Å². The van der Waals surface area contributed by atoms with Gasteiger partial charge in [0.25, 0.3) is 5.91 Å². The van der Waals surface area contributed by atoms with E-state index < -0.39 is 11.9 Å². The normalized spacial score (nSPS) is 15.9. The van der Waals surface area contributed by atoms with Crippen LogP contribution in [-0.4, -0.2) is 23.4 Å². The van der Waals surface area contributed by atoms with Crippen molar-refractivity contribution in [1.29, 1.82) is 0 Å². The third-order valence-corrected chi connectivity index (χ3v) is 4.38. The molecule has 7 heteroatoms. The number of benzene rings is 1. The fraction of sp³-hybridized carbons (Fsp3) is 0.0588. The molecule has 1 N–H and O–H groups in total. The highest BCUT2D eigenvalue weighted by Gasteiger charge is 2.32. The Kier molecular flexibility index (Phi) is 4.78. The molecule has 2 heterocycles. The van der Waals surface area contributed by atoms with E-state index in [0.717, 1.165) is 9.80 Å². The molecule has 0 saturated carbocycles. The molecular weight excluding hydrogens is 348 g/mol. The summed E-state index contributed by atoms with van der Waals surface area (Å²) in [4.78, 5) is 25.9. The summed E-state index contributed by atoms with van der Waals surface area (Å²) in [5.74, 6) is 0.0822. The summed E-state index contributed by atoms with van der Waals surface area (Å²) >= 11 is 7.29. The highest BCUT2D eigenvalue weighted by atomic mass is 35.5. The Hall–Kier alpha value is -2.44. The number of nitrogens with zero attached hydrogens (tertiary/aromatic N) is 1. The summed E-state index contributed by atoms with van der Waals surface area (Å²) in [5.41, 5.74) is 0.180. The molecule has 0 atom stereocenters. The van der Waals surface area contributed by atoms with Crippen molar-refractivity contribution in [3.05, 3.63) is 65.5 Å². The van der Waals surface area contributed by atoms with E-state index in [4.69, 9.17) is 16.0 Å². The van der Waals surface area contributed by atoms with E-state index in [1.165, 1.54) is 23.9 Å². The van der Waals surface area contributed by atoms with Crippen LogP contribution >= 0.6 is 23.4 Å². The number of nitrogens with one attached hydrogen (secondary N) is 1.